The second-order valence-corrected chi connectivity index (χ2v) is 12.9. The van der Waals surface area contributed by atoms with E-state index >= 15 is 0 Å². The number of hydrogen-bond acceptors (Lipinski definition) is 10. The molecule has 0 aliphatic carbocycles. The second kappa shape index (κ2) is 12.8. The SMILES string of the molecule is CN(C(=O)OC(C)(C)C)/C(=N\C(=O)OC(C)(C)C)c1ccc(C(=O)Oc2ccc(CC(=O)OC(C)(C)C)n3ncnc23)cc1. The van der Waals surface area contributed by atoms with Gasteiger partial charge in [0.15, 0.2) is 17.2 Å². The third kappa shape index (κ3) is 9.61. The van der Waals surface area contributed by atoms with Crippen LogP contribution >= 0.6 is 0 Å². The molecule has 13 heteroatoms. The average molecular weight is 610 g/mol. The van der Waals surface area contributed by atoms with Crippen LogP contribution < -0.4 is 4.74 Å². The van der Waals surface area contributed by atoms with Crippen LogP contribution in [0.2, 0.25) is 0 Å². The number of rotatable bonds is 5. The molecule has 13 nitrogen and oxygen atoms in total. The number of ether oxygens (including phenoxy) is 4. The van der Waals surface area contributed by atoms with Gasteiger partial charge >= 0.3 is 24.1 Å². The fourth-order valence-electron chi connectivity index (χ4n) is 3.71. The zero-order chi connectivity index (χ0) is 33.0. The normalized spacial score (nSPS) is 12.5. The first kappa shape index (κ1) is 33.7. The van der Waals surface area contributed by atoms with Gasteiger partial charge in [-0.2, -0.15) is 10.1 Å². The number of esters is 2. The Morgan fingerprint density at radius 1 is 0.795 bits per heavy atom. The standard InChI is InChI=1S/C31H39N5O8/c1-29(2,3)42-23(37)17-21-15-16-22(25-32-18-33-36(21)25)41-26(38)20-13-11-19(12-14-20)24(34-27(39)43-30(4,5)6)35(10)28(40)44-31(7,8)9/h11-16,18H,17H2,1-10H3/b34-24-. The van der Waals surface area contributed by atoms with Crippen molar-refractivity contribution in [2.45, 2.75) is 85.5 Å². The molecule has 0 bridgehead atoms. The quantitative estimate of drug-likeness (QED) is 0.160. The van der Waals surface area contributed by atoms with Crippen molar-refractivity contribution < 1.29 is 38.1 Å². The van der Waals surface area contributed by atoms with E-state index < -0.39 is 40.9 Å². The van der Waals surface area contributed by atoms with Gasteiger partial charge in [0, 0.05) is 12.6 Å². The predicted molar refractivity (Wildman–Crippen MR) is 161 cm³/mol. The predicted octanol–water partition coefficient (Wildman–Crippen LogP) is 5.38. The van der Waals surface area contributed by atoms with Gasteiger partial charge in [-0.05, 0) is 86.6 Å². The van der Waals surface area contributed by atoms with Crippen LogP contribution in [0.15, 0.2) is 47.7 Å². The van der Waals surface area contributed by atoms with Crippen LogP contribution in [0.3, 0.4) is 0 Å². The van der Waals surface area contributed by atoms with Gasteiger partial charge in [-0.1, -0.05) is 12.1 Å². The highest BCUT2D eigenvalue weighted by Gasteiger charge is 2.26. The Bertz CT molecular complexity index is 1570. The molecule has 0 unspecified atom stereocenters. The van der Waals surface area contributed by atoms with Crippen LogP contribution in [0.1, 0.15) is 83.9 Å². The summed E-state index contributed by atoms with van der Waals surface area (Å²) in [6, 6.07) is 9.07. The first-order valence-corrected chi connectivity index (χ1v) is 13.9. The number of benzene rings is 1. The Morgan fingerprint density at radius 2 is 1.36 bits per heavy atom. The monoisotopic (exact) mass is 609 g/mol. The summed E-state index contributed by atoms with van der Waals surface area (Å²) < 4.78 is 23.1. The van der Waals surface area contributed by atoms with Gasteiger partial charge in [0.1, 0.15) is 23.1 Å². The van der Waals surface area contributed by atoms with E-state index in [0.717, 1.165) is 4.90 Å². The zero-order valence-electron chi connectivity index (χ0n) is 26.8. The molecule has 0 spiro atoms. The van der Waals surface area contributed by atoms with E-state index in [9.17, 15) is 19.2 Å². The van der Waals surface area contributed by atoms with Crippen molar-refractivity contribution in [2.24, 2.45) is 4.99 Å². The summed E-state index contributed by atoms with van der Waals surface area (Å²) in [6.45, 7) is 15.6. The second-order valence-electron chi connectivity index (χ2n) is 12.9. The van der Waals surface area contributed by atoms with Gasteiger partial charge in [0.05, 0.1) is 17.7 Å². The van der Waals surface area contributed by atoms with Crippen molar-refractivity contribution in [3.63, 3.8) is 0 Å². The Balaban J connectivity index is 1.85. The number of aromatic nitrogens is 3. The number of amidine groups is 1. The summed E-state index contributed by atoms with van der Waals surface area (Å²) in [6.07, 6.45) is -0.417. The minimum atomic E-state index is -0.904. The maximum absolute atomic E-state index is 13.1. The van der Waals surface area contributed by atoms with Crippen molar-refractivity contribution in [2.75, 3.05) is 7.05 Å². The number of pyridine rings is 1. The first-order chi connectivity index (χ1) is 20.2. The topological polar surface area (TPSA) is 151 Å². The largest absolute Gasteiger partial charge is 0.460 e. The lowest BCUT2D eigenvalue weighted by Crippen LogP contribution is -2.39. The van der Waals surface area contributed by atoms with Gasteiger partial charge in [0.2, 0.25) is 0 Å². The molecular weight excluding hydrogens is 570 g/mol. The summed E-state index contributed by atoms with van der Waals surface area (Å²) in [4.78, 5) is 60.1. The average Bonchev–Trinajstić information content (AvgIpc) is 3.36. The minimum absolute atomic E-state index is 0.0424. The van der Waals surface area contributed by atoms with Crippen molar-refractivity contribution >= 4 is 35.6 Å². The van der Waals surface area contributed by atoms with Gasteiger partial charge in [-0.25, -0.2) is 23.9 Å². The molecule has 0 saturated heterocycles. The maximum atomic E-state index is 13.1. The first-order valence-electron chi connectivity index (χ1n) is 13.9. The lowest BCUT2D eigenvalue weighted by atomic mass is 10.1. The van der Waals surface area contributed by atoms with Gasteiger partial charge < -0.3 is 18.9 Å². The van der Waals surface area contributed by atoms with E-state index in [2.05, 4.69) is 15.1 Å². The Hall–Kier alpha value is -4.81. The number of hydrogen-bond donors (Lipinski definition) is 0. The van der Waals surface area contributed by atoms with Crippen molar-refractivity contribution in [3.8, 4) is 5.75 Å². The van der Waals surface area contributed by atoms with Crippen LogP contribution in [0.25, 0.3) is 5.65 Å². The van der Waals surface area contributed by atoms with E-state index in [1.165, 1.54) is 48.2 Å². The minimum Gasteiger partial charge on any atom is -0.460 e. The summed E-state index contributed by atoms with van der Waals surface area (Å²) >= 11 is 0. The fourth-order valence-corrected chi connectivity index (χ4v) is 3.71. The molecular formula is C31H39N5O8. The number of aliphatic imine (C=N–C) groups is 1. The highest BCUT2D eigenvalue weighted by Crippen LogP contribution is 2.22. The van der Waals surface area contributed by atoms with Crippen molar-refractivity contribution in [1.29, 1.82) is 0 Å². The molecule has 0 radical (unpaired) electrons. The summed E-state index contributed by atoms with van der Waals surface area (Å²) in [5.74, 6) is -1.06. The molecule has 0 fully saturated rings. The molecule has 0 atom stereocenters. The van der Waals surface area contributed by atoms with E-state index in [0.29, 0.717) is 11.3 Å². The molecule has 0 N–H and O–H groups in total. The summed E-state index contributed by atoms with van der Waals surface area (Å²) in [7, 11) is 1.41. The summed E-state index contributed by atoms with van der Waals surface area (Å²) in [5.41, 5.74) is -0.999. The van der Waals surface area contributed by atoms with Crippen LogP contribution in [0, 0.1) is 0 Å². The molecule has 3 aromatic rings. The van der Waals surface area contributed by atoms with Crippen LogP contribution in [0.5, 0.6) is 5.75 Å². The molecule has 236 valence electrons. The molecule has 0 aliphatic rings. The van der Waals surface area contributed by atoms with E-state index in [4.69, 9.17) is 18.9 Å². The maximum Gasteiger partial charge on any atom is 0.436 e. The van der Waals surface area contributed by atoms with Gasteiger partial charge in [0.25, 0.3) is 0 Å². The van der Waals surface area contributed by atoms with Crippen LogP contribution in [-0.4, -0.2) is 73.3 Å². The smallest absolute Gasteiger partial charge is 0.436 e. The van der Waals surface area contributed by atoms with Gasteiger partial charge in [-0.15, -0.1) is 0 Å². The Morgan fingerprint density at radius 3 is 1.93 bits per heavy atom. The highest BCUT2D eigenvalue weighted by atomic mass is 16.6. The molecule has 44 heavy (non-hydrogen) atoms. The van der Waals surface area contributed by atoms with Crippen molar-refractivity contribution in [1.82, 2.24) is 19.5 Å². The van der Waals surface area contributed by atoms with E-state index in [-0.39, 0.29) is 29.2 Å². The van der Waals surface area contributed by atoms with Crippen LogP contribution in [0.4, 0.5) is 9.59 Å². The molecule has 0 saturated carbocycles. The molecule has 2 aromatic heterocycles. The number of amides is 2. The number of carbonyl (C=O) groups is 4. The van der Waals surface area contributed by atoms with E-state index in [1.807, 2.05) is 0 Å². The Kier molecular flexibility index (Phi) is 9.82. The molecule has 2 amide bonds. The Labute approximate surface area is 256 Å². The number of fused-ring (bicyclic) bond motifs is 1. The zero-order valence-corrected chi connectivity index (χ0v) is 26.8. The number of carbonyl (C=O) groups excluding carboxylic acids is 4. The number of nitrogens with zero attached hydrogens (tertiary/aromatic N) is 5. The molecule has 1 aromatic carbocycles. The fraction of sp³-hybridized carbons (Fsp3) is 0.452. The third-order valence-corrected chi connectivity index (χ3v) is 5.37. The lowest BCUT2D eigenvalue weighted by Gasteiger charge is -2.26. The van der Waals surface area contributed by atoms with Crippen LogP contribution in [-0.2, 0) is 25.4 Å². The molecule has 0 aliphatic heterocycles. The molecule has 2 heterocycles. The third-order valence-electron chi connectivity index (χ3n) is 5.37. The highest BCUT2D eigenvalue weighted by molar-refractivity contribution is 6.10. The van der Waals surface area contributed by atoms with E-state index in [1.54, 1.807) is 68.4 Å². The lowest BCUT2D eigenvalue weighted by molar-refractivity contribution is -0.154. The summed E-state index contributed by atoms with van der Waals surface area (Å²) in [5, 5.41) is 4.15. The van der Waals surface area contributed by atoms with Crippen molar-refractivity contribution in [3.05, 3.63) is 59.5 Å². The van der Waals surface area contributed by atoms with Gasteiger partial charge in [-0.3, -0.25) is 9.69 Å². The molecule has 3 rings (SSSR count).